The summed E-state index contributed by atoms with van der Waals surface area (Å²) in [5.74, 6) is 1.10. The van der Waals surface area contributed by atoms with E-state index in [-0.39, 0.29) is 24.0 Å². The van der Waals surface area contributed by atoms with Crippen molar-refractivity contribution in [1.82, 2.24) is 15.1 Å². The molecule has 1 spiro atoms. The standard InChI is InChI=1S/C21H34N4.HI/c1-4-22-20(25-13-12-21(17-25)10-7-11-21)23-15-18-8-6-9-19(14-18)16-24(3)5-2;/h6,8-9,14H,4-5,7,10-13,15-17H2,1-3H3,(H,22,23);1H. The summed E-state index contributed by atoms with van der Waals surface area (Å²) in [4.78, 5) is 9.76. The Morgan fingerprint density at radius 2 is 2.00 bits per heavy atom. The lowest BCUT2D eigenvalue weighted by molar-refractivity contribution is 0.151. The van der Waals surface area contributed by atoms with Crippen molar-refractivity contribution < 1.29 is 0 Å². The van der Waals surface area contributed by atoms with E-state index in [0.717, 1.165) is 38.7 Å². The number of hydrogen-bond acceptors (Lipinski definition) is 2. The van der Waals surface area contributed by atoms with Crippen LogP contribution in [0.2, 0.25) is 0 Å². The zero-order chi connectivity index (χ0) is 17.7. The third-order valence-electron chi connectivity index (χ3n) is 5.88. The number of hydrogen-bond donors (Lipinski definition) is 1. The summed E-state index contributed by atoms with van der Waals surface area (Å²) < 4.78 is 0. The molecule has 0 atom stereocenters. The number of benzene rings is 1. The fourth-order valence-corrected chi connectivity index (χ4v) is 4.04. The number of rotatable bonds is 6. The van der Waals surface area contributed by atoms with Crippen molar-refractivity contribution in [1.29, 1.82) is 0 Å². The van der Waals surface area contributed by atoms with Gasteiger partial charge in [0.2, 0.25) is 0 Å². The molecule has 0 radical (unpaired) electrons. The van der Waals surface area contributed by atoms with Gasteiger partial charge in [-0.25, -0.2) is 4.99 Å². The predicted molar refractivity (Wildman–Crippen MR) is 121 cm³/mol. The van der Waals surface area contributed by atoms with Gasteiger partial charge in [-0.3, -0.25) is 0 Å². The van der Waals surface area contributed by atoms with E-state index in [9.17, 15) is 0 Å². The molecule has 0 amide bonds. The minimum absolute atomic E-state index is 0. The third kappa shape index (κ3) is 5.35. The SMILES string of the molecule is CCNC(=NCc1cccc(CN(C)CC)c1)N1CCC2(CCC2)C1.I. The number of nitrogens with one attached hydrogen (secondary N) is 1. The molecule has 2 aliphatic rings. The molecule has 1 aromatic carbocycles. The first kappa shape index (κ1) is 21.5. The number of aliphatic imine (C=N–C) groups is 1. The normalized spacial score (nSPS) is 18.8. The predicted octanol–water partition coefficient (Wildman–Crippen LogP) is 4.10. The van der Waals surface area contributed by atoms with E-state index in [4.69, 9.17) is 4.99 Å². The number of halogens is 1. The Kier molecular flexibility index (Phi) is 8.20. The second-order valence-electron chi connectivity index (χ2n) is 7.85. The van der Waals surface area contributed by atoms with Crippen molar-refractivity contribution in [3.8, 4) is 0 Å². The fourth-order valence-electron chi connectivity index (χ4n) is 4.04. The number of guanidine groups is 1. The van der Waals surface area contributed by atoms with Crippen LogP contribution in [0.5, 0.6) is 0 Å². The summed E-state index contributed by atoms with van der Waals surface area (Å²) in [5, 5.41) is 3.50. The van der Waals surface area contributed by atoms with Crippen molar-refractivity contribution in [3.05, 3.63) is 35.4 Å². The van der Waals surface area contributed by atoms with E-state index in [1.807, 2.05) is 0 Å². The van der Waals surface area contributed by atoms with Gasteiger partial charge in [-0.2, -0.15) is 0 Å². The largest absolute Gasteiger partial charge is 0.357 e. The topological polar surface area (TPSA) is 30.9 Å². The van der Waals surface area contributed by atoms with Gasteiger partial charge in [0.15, 0.2) is 5.96 Å². The van der Waals surface area contributed by atoms with Crippen LogP contribution in [0.1, 0.15) is 50.7 Å². The molecular weight excluding hydrogens is 435 g/mol. The van der Waals surface area contributed by atoms with Crippen LogP contribution >= 0.6 is 24.0 Å². The van der Waals surface area contributed by atoms with Gasteiger partial charge in [0.25, 0.3) is 0 Å². The maximum Gasteiger partial charge on any atom is 0.194 e. The Bertz CT molecular complexity index is 597. The second-order valence-corrected chi connectivity index (χ2v) is 7.85. The van der Waals surface area contributed by atoms with Crippen molar-refractivity contribution in [3.63, 3.8) is 0 Å². The Hall–Kier alpha value is -0.820. The molecule has 3 rings (SSSR count). The van der Waals surface area contributed by atoms with Gasteiger partial charge in [-0.05, 0) is 56.3 Å². The third-order valence-corrected chi connectivity index (χ3v) is 5.88. The van der Waals surface area contributed by atoms with Crippen LogP contribution in [0.3, 0.4) is 0 Å². The van der Waals surface area contributed by atoms with Crippen LogP contribution in [0.4, 0.5) is 0 Å². The van der Waals surface area contributed by atoms with E-state index < -0.39 is 0 Å². The van der Waals surface area contributed by atoms with Crippen LogP contribution < -0.4 is 5.32 Å². The van der Waals surface area contributed by atoms with Crippen molar-refractivity contribution >= 4 is 29.9 Å². The summed E-state index contributed by atoms with van der Waals surface area (Å²) in [5.41, 5.74) is 3.28. The number of nitrogens with zero attached hydrogens (tertiary/aromatic N) is 3. The molecule has 2 fully saturated rings. The molecule has 1 N–H and O–H groups in total. The van der Waals surface area contributed by atoms with Gasteiger partial charge in [-0.1, -0.05) is 37.6 Å². The zero-order valence-corrected chi connectivity index (χ0v) is 19.0. The monoisotopic (exact) mass is 470 g/mol. The quantitative estimate of drug-likeness (QED) is 0.386. The average molecular weight is 470 g/mol. The lowest BCUT2D eigenvalue weighted by Gasteiger charge is -2.38. The molecule has 1 aliphatic carbocycles. The molecule has 146 valence electrons. The van der Waals surface area contributed by atoms with Gasteiger partial charge in [0, 0.05) is 26.2 Å². The lowest BCUT2D eigenvalue weighted by Crippen LogP contribution is -2.42. The number of likely N-dealkylation sites (tertiary alicyclic amines) is 1. The molecule has 1 aromatic rings. The molecule has 1 aliphatic heterocycles. The molecule has 0 bridgehead atoms. The highest BCUT2D eigenvalue weighted by Crippen LogP contribution is 2.47. The zero-order valence-electron chi connectivity index (χ0n) is 16.6. The van der Waals surface area contributed by atoms with Crippen LogP contribution in [0, 0.1) is 5.41 Å². The van der Waals surface area contributed by atoms with Gasteiger partial charge in [0.05, 0.1) is 6.54 Å². The Labute approximate surface area is 176 Å². The molecule has 1 heterocycles. The van der Waals surface area contributed by atoms with Gasteiger partial charge in [0.1, 0.15) is 0 Å². The van der Waals surface area contributed by atoms with E-state index in [0.29, 0.717) is 5.41 Å². The highest BCUT2D eigenvalue weighted by atomic mass is 127. The van der Waals surface area contributed by atoms with Crippen LogP contribution in [-0.4, -0.2) is 49.0 Å². The highest BCUT2D eigenvalue weighted by Gasteiger charge is 2.43. The average Bonchev–Trinajstić information content (AvgIpc) is 3.05. The van der Waals surface area contributed by atoms with E-state index >= 15 is 0 Å². The van der Waals surface area contributed by atoms with Crippen LogP contribution in [0.25, 0.3) is 0 Å². The van der Waals surface area contributed by atoms with Crippen molar-refractivity contribution in [2.45, 2.75) is 52.6 Å². The molecule has 0 unspecified atom stereocenters. The van der Waals surface area contributed by atoms with Crippen LogP contribution in [-0.2, 0) is 13.1 Å². The Balaban J connectivity index is 0.00000243. The van der Waals surface area contributed by atoms with E-state index in [1.165, 1.54) is 43.4 Å². The van der Waals surface area contributed by atoms with Gasteiger partial charge >= 0.3 is 0 Å². The summed E-state index contributed by atoms with van der Waals surface area (Å²) in [6.45, 7) is 10.5. The first-order valence-electron chi connectivity index (χ1n) is 9.94. The molecule has 0 aromatic heterocycles. The van der Waals surface area contributed by atoms with Gasteiger partial charge in [-0.15, -0.1) is 24.0 Å². The molecular formula is C21H35IN4. The molecule has 1 saturated heterocycles. The summed E-state index contributed by atoms with van der Waals surface area (Å²) >= 11 is 0. The minimum Gasteiger partial charge on any atom is -0.357 e. The van der Waals surface area contributed by atoms with Crippen molar-refractivity contribution in [2.75, 3.05) is 33.2 Å². The van der Waals surface area contributed by atoms with E-state index in [2.05, 4.69) is 60.3 Å². The fraction of sp³-hybridized carbons (Fsp3) is 0.667. The molecule has 4 nitrogen and oxygen atoms in total. The molecule has 1 saturated carbocycles. The molecule has 26 heavy (non-hydrogen) atoms. The minimum atomic E-state index is 0. The summed E-state index contributed by atoms with van der Waals surface area (Å²) in [6.07, 6.45) is 5.59. The van der Waals surface area contributed by atoms with E-state index in [1.54, 1.807) is 0 Å². The summed E-state index contributed by atoms with van der Waals surface area (Å²) in [7, 11) is 2.16. The maximum absolute atomic E-state index is 4.95. The van der Waals surface area contributed by atoms with Crippen LogP contribution in [0.15, 0.2) is 29.3 Å². The second kappa shape index (κ2) is 9.93. The van der Waals surface area contributed by atoms with Gasteiger partial charge < -0.3 is 15.1 Å². The summed E-state index contributed by atoms with van der Waals surface area (Å²) in [6, 6.07) is 8.87. The molecule has 5 heteroatoms. The lowest BCUT2D eigenvalue weighted by atomic mass is 9.68. The first-order chi connectivity index (χ1) is 12.1. The van der Waals surface area contributed by atoms with Crippen molar-refractivity contribution in [2.24, 2.45) is 10.4 Å². The maximum atomic E-state index is 4.95. The highest BCUT2D eigenvalue weighted by molar-refractivity contribution is 14.0. The Morgan fingerprint density at radius 3 is 2.62 bits per heavy atom. The smallest absolute Gasteiger partial charge is 0.194 e. The Morgan fingerprint density at radius 1 is 1.23 bits per heavy atom. The first-order valence-corrected chi connectivity index (χ1v) is 9.94.